The van der Waals surface area contributed by atoms with Crippen molar-refractivity contribution in [3.63, 3.8) is 0 Å². The van der Waals surface area contributed by atoms with Gasteiger partial charge in [0.05, 0.1) is 11.4 Å². The minimum Gasteiger partial charge on any atom is -0.512 e. The fraction of sp³-hybridized carbons (Fsp3) is 0.286. The molecule has 2 atom stereocenters. The van der Waals surface area contributed by atoms with Crippen molar-refractivity contribution in [1.29, 1.82) is 0 Å². The van der Waals surface area contributed by atoms with E-state index in [1.807, 2.05) is 37.3 Å². The van der Waals surface area contributed by atoms with Crippen molar-refractivity contribution in [3.05, 3.63) is 59.9 Å². The van der Waals surface area contributed by atoms with Crippen molar-refractivity contribution in [2.75, 3.05) is 0 Å². The lowest BCUT2D eigenvalue weighted by Crippen LogP contribution is -2.34. The monoisotopic (exact) mass is 216 g/mol. The van der Waals surface area contributed by atoms with E-state index >= 15 is 0 Å². The second-order valence-electron chi connectivity index (χ2n) is 4.32. The standard InChI is InChI=1S/C14H16O2/c1-11(12-6-3-2-4-7-12)14(16)9-5-8-13(15)10-14/h2-9,11,15-16H,10H2,1H3. The molecule has 1 aliphatic rings. The third-order valence-electron chi connectivity index (χ3n) is 3.19. The van der Waals surface area contributed by atoms with Gasteiger partial charge in [-0.25, -0.2) is 0 Å². The zero-order valence-corrected chi connectivity index (χ0v) is 9.30. The van der Waals surface area contributed by atoms with Crippen LogP contribution in [0.2, 0.25) is 0 Å². The number of aliphatic hydroxyl groups is 2. The average molecular weight is 216 g/mol. The molecule has 0 bridgehead atoms. The summed E-state index contributed by atoms with van der Waals surface area (Å²) in [4.78, 5) is 0. The van der Waals surface area contributed by atoms with Gasteiger partial charge in [0, 0.05) is 12.3 Å². The largest absolute Gasteiger partial charge is 0.512 e. The summed E-state index contributed by atoms with van der Waals surface area (Å²) in [6, 6.07) is 9.85. The molecule has 0 aliphatic heterocycles. The van der Waals surface area contributed by atoms with E-state index in [9.17, 15) is 10.2 Å². The molecule has 1 aromatic carbocycles. The summed E-state index contributed by atoms with van der Waals surface area (Å²) in [5, 5.41) is 20.0. The van der Waals surface area contributed by atoms with E-state index in [0.717, 1.165) is 5.56 Å². The van der Waals surface area contributed by atoms with Crippen LogP contribution in [-0.2, 0) is 0 Å². The number of allylic oxidation sites excluding steroid dienone is 2. The highest BCUT2D eigenvalue weighted by Gasteiger charge is 2.34. The van der Waals surface area contributed by atoms with Crippen LogP contribution < -0.4 is 0 Å². The number of rotatable bonds is 2. The smallest absolute Gasteiger partial charge is 0.0966 e. The van der Waals surface area contributed by atoms with Crippen molar-refractivity contribution in [1.82, 2.24) is 0 Å². The Labute approximate surface area is 95.6 Å². The molecular weight excluding hydrogens is 200 g/mol. The highest BCUT2D eigenvalue weighted by Crippen LogP contribution is 2.35. The highest BCUT2D eigenvalue weighted by molar-refractivity contribution is 5.30. The van der Waals surface area contributed by atoms with Gasteiger partial charge >= 0.3 is 0 Å². The molecule has 0 radical (unpaired) electrons. The van der Waals surface area contributed by atoms with Gasteiger partial charge < -0.3 is 10.2 Å². The lowest BCUT2D eigenvalue weighted by atomic mass is 9.79. The van der Waals surface area contributed by atoms with Crippen molar-refractivity contribution >= 4 is 0 Å². The molecule has 0 saturated heterocycles. The maximum Gasteiger partial charge on any atom is 0.0966 e. The minimum absolute atomic E-state index is 0.0409. The van der Waals surface area contributed by atoms with Gasteiger partial charge in [-0.1, -0.05) is 49.4 Å². The van der Waals surface area contributed by atoms with Crippen LogP contribution in [0.5, 0.6) is 0 Å². The van der Waals surface area contributed by atoms with Crippen LogP contribution in [0.15, 0.2) is 54.3 Å². The highest BCUT2D eigenvalue weighted by atomic mass is 16.3. The molecule has 0 fully saturated rings. The maximum atomic E-state index is 10.5. The third kappa shape index (κ3) is 2.02. The van der Waals surface area contributed by atoms with Gasteiger partial charge in [0.15, 0.2) is 0 Å². The number of hydrogen-bond acceptors (Lipinski definition) is 2. The topological polar surface area (TPSA) is 40.5 Å². The fourth-order valence-electron chi connectivity index (χ4n) is 2.06. The van der Waals surface area contributed by atoms with Gasteiger partial charge in [0.25, 0.3) is 0 Å². The summed E-state index contributed by atoms with van der Waals surface area (Å²) >= 11 is 0. The predicted molar refractivity (Wildman–Crippen MR) is 64.3 cm³/mol. The zero-order valence-electron chi connectivity index (χ0n) is 9.30. The van der Waals surface area contributed by atoms with Gasteiger partial charge in [-0.2, -0.15) is 0 Å². The second-order valence-corrected chi connectivity index (χ2v) is 4.32. The van der Waals surface area contributed by atoms with Crippen LogP contribution in [0.1, 0.15) is 24.8 Å². The average Bonchev–Trinajstić information content (AvgIpc) is 2.29. The first kappa shape index (κ1) is 11.0. The maximum absolute atomic E-state index is 10.5. The Morgan fingerprint density at radius 1 is 1.25 bits per heavy atom. The van der Waals surface area contributed by atoms with Crippen LogP contribution in [-0.4, -0.2) is 15.8 Å². The molecular formula is C14H16O2. The summed E-state index contributed by atoms with van der Waals surface area (Å²) < 4.78 is 0. The van der Waals surface area contributed by atoms with E-state index in [2.05, 4.69) is 0 Å². The van der Waals surface area contributed by atoms with E-state index in [0.29, 0.717) is 0 Å². The van der Waals surface area contributed by atoms with Gasteiger partial charge in [-0.05, 0) is 11.6 Å². The first-order chi connectivity index (χ1) is 7.62. The molecule has 0 heterocycles. The number of aliphatic hydroxyl groups excluding tert-OH is 1. The molecule has 0 saturated carbocycles. The Morgan fingerprint density at radius 3 is 2.56 bits per heavy atom. The van der Waals surface area contributed by atoms with Crippen molar-refractivity contribution < 1.29 is 10.2 Å². The summed E-state index contributed by atoms with van der Waals surface area (Å²) in [5.41, 5.74) is 0.0875. The normalized spacial score (nSPS) is 26.2. The molecule has 1 aliphatic carbocycles. The summed E-state index contributed by atoms with van der Waals surface area (Å²) in [6.07, 6.45) is 5.36. The third-order valence-corrected chi connectivity index (χ3v) is 3.19. The van der Waals surface area contributed by atoms with Crippen LogP contribution in [0.25, 0.3) is 0 Å². The summed E-state index contributed by atoms with van der Waals surface area (Å²) in [6.45, 7) is 1.97. The molecule has 0 aromatic heterocycles. The van der Waals surface area contributed by atoms with E-state index in [1.165, 1.54) is 0 Å². The van der Waals surface area contributed by atoms with Crippen LogP contribution in [0.3, 0.4) is 0 Å². The molecule has 16 heavy (non-hydrogen) atoms. The summed E-state index contributed by atoms with van der Waals surface area (Å²) in [7, 11) is 0. The SMILES string of the molecule is CC(c1ccccc1)C1(O)C=CC=C(O)C1. The Bertz CT molecular complexity index is 420. The Morgan fingerprint density at radius 2 is 1.94 bits per heavy atom. The summed E-state index contributed by atoms with van der Waals surface area (Å²) in [5.74, 6) is 0.189. The van der Waals surface area contributed by atoms with Gasteiger partial charge in [0.2, 0.25) is 0 Å². The molecule has 0 spiro atoms. The van der Waals surface area contributed by atoms with E-state index < -0.39 is 5.60 Å². The molecule has 2 N–H and O–H groups in total. The van der Waals surface area contributed by atoms with Gasteiger partial charge in [0.1, 0.15) is 0 Å². The predicted octanol–water partition coefficient (Wildman–Crippen LogP) is 2.92. The lowest BCUT2D eigenvalue weighted by molar-refractivity contribution is 0.0541. The number of hydrogen-bond donors (Lipinski definition) is 2. The minimum atomic E-state index is -0.986. The van der Waals surface area contributed by atoms with Crippen LogP contribution >= 0.6 is 0 Å². The van der Waals surface area contributed by atoms with E-state index in [4.69, 9.17) is 0 Å². The Hall–Kier alpha value is -1.54. The molecule has 2 unspecified atom stereocenters. The molecule has 1 aromatic rings. The Kier molecular flexibility index (Phi) is 2.84. The van der Waals surface area contributed by atoms with Crippen LogP contribution in [0.4, 0.5) is 0 Å². The molecule has 2 heteroatoms. The molecule has 2 rings (SSSR count). The first-order valence-electron chi connectivity index (χ1n) is 5.46. The molecule has 0 amide bonds. The van der Waals surface area contributed by atoms with Gasteiger partial charge in [-0.15, -0.1) is 0 Å². The van der Waals surface area contributed by atoms with Gasteiger partial charge in [-0.3, -0.25) is 0 Å². The van der Waals surface area contributed by atoms with Crippen LogP contribution in [0, 0.1) is 0 Å². The quantitative estimate of drug-likeness (QED) is 0.798. The lowest BCUT2D eigenvalue weighted by Gasteiger charge is -2.33. The second kappa shape index (κ2) is 4.14. The fourth-order valence-corrected chi connectivity index (χ4v) is 2.06. The molecule has 2 nitrogen and oxygen atoms in total. The Balaban J connectivity index is 2.26. The van der Waals surface area contributed by atoms with E-state index in [-0.39, 0.29) is 18.1 Å². The van der Waals surface area contributed by atoms with E-state index in [1.54, 1.807) is 18.2 Å². The number of benzene rings is 1. The molecule has 84 valence electrons. The van der Waals surface area contributed by atoms with Crippen molar-refractivity contribution in [3.8, 4) is 0 Å². The van der Waals surface area contributed by atoms with Crippen molar-refractivity contribution in [2.45, 2.75) is 24.9 Å². The van der Waals surface area contributed by atoms with Crippen molar-refractivity contribution in [2.24, 2.45) is 0 Å². The zero-order chi connectivity index (χ0) is 11.6. The first-order valence-corrected chi connectivity index (χ1v) is 5.46.